The second kappa shape index (κ2) is 11.8. The summed E-state index contributed by atoms with van der Waals surface area (Å²) in [6.07, 6.45) is 3.02. The number of anilines is 2. The van der Waals surface area contributed by atoms with Crippen molar-refractivity contribution in [3.63, 3.8) is 0 Å². The number of benzene rings is 2. The van der Waals surface area contributed by atoms with Crippen LogP contribution in [0.15, 0.2) is 59.1 Å². The molecule has 0 bridgehead atoms. The highest BCUT2D eigenvalue weighted by molar-refractivity contribution is 8.00. The van der Waals surface area contributed by atoms with Crippen molar-refractivity contribution in [3.05, 3.63) is 71.4 Å². The molecule has 0 unspecified atom stereocenters. The number of pyridine rings is 1. The van der Waals surface area contributed by atoms with Crippen LogP contribution >= 0.6 is 23.5 Å². The van der Waals surface area contributed by atoms with Crippen LogP contribution in [0.4, 0.5) is 20.2 Å². The fraction of sp³-hybridized carbons (Fsp3) is 0.167. The molecule has 0 aliphatic heterocycles. The van der Waals surface area contributed by atoms with E-state index in [0.29, 0.717) is 38.4 Å². The molecule has 0 saturated heterocycles. The van der Waals surface area contributed by atoms with E-state index in [1.165, 1.54) is 25.4 Å². The molecule has 34 heavy (non-hydrogen) atoms. The summed E-state index contributed by atoms with van der Waals surface area (Å²) < 4.78 is 38.2. The molecule has 3 aromatic rings. The SMILES string of the molecule is C=Cc1cc(-c2c(F)ccc(NSc3cc(Cl)cnc3OC)c2F)ccc1NC(C)=NCCO. The Bertz CT molecular complexity index is 1220. The van der Waals surface area contributed by atoms with E-state index in [-0.39, 0.29) is 24.4 Å². The predicted molar refractivity (Wildman–Crippen MR) is 136 cm³/mol. The third-order valence-corrected chi connectivity index (χ3v) is 5.71. The first kappa shape index (κ1) is 25.5. The molecule has 0 saturated carbocycles. The van der Waals surface area contributed by atoms with Gasteiger partial charge in [0.25, 0.3) is 0 Å². The summed E-state index contributed by atoms with van der Waals surface area (Å²) in [5, 5.41) is 12.4. The van der Waals surface area contributed by atoms with Gasteiger partial charge in [-0.3, -0.25) is 4.99 Å². The number of nitrogens with one attached hydrogen (secondary N) is 2. The van der Waals surface area contributed by atoms with E-state index < -0.39 is 11.6 Å². The van der Waals surface area contributed by atoms with Crippen LogP contribution in [0.25, 0.3) is 17.2 Å². The zero-order chi connectivity index (χ0) is 24.7. The molecule has 0 aliphatic rings. The summed E-state index contributed by atoms with van der Waals surface area (Å²) in [6, 6.07) is 9.08. The van der Waals surface area contributed by atoms with E-state index >= 15 is 4.39 Å². The van der Waals surface area contributed by atoms with Crippen molar-refractivity contribution in [2.24, 2.45) is 4.99 Å². The topological polar surface area (TPSA) is 78.8 Å². The third kappa shape index (κ3) is 6.05. The Morgan fingerprint density at radius 1 is 1.26 bits per heavy atom. The molecule has 0 fully saturated rings. The summed E-state index contributed by atoms with van der Waals surface area (Å²) in [5.74, 6) is -0.540. The highest BCUT2D eigenvalue weighted by Gasteiger charge is 2.18. The molecule has 2 aromatic carbocycles. The Morgan fingerprint density at radius 3 is 2.74 bits per heavy atom. The van der Waals surface area contributed by atoms with E-state index in [1.807, 2.05) is 0 Å². The number of aliphatic hydroxyl groups excluding tert-OH is 1. The Kier molecular flexibility index (Phi) is 8.86. The van der Waals surface area contributed by atoms with Crippen LogP contribution in [0.5, 0.6) is 5.88 Å². The number of aliphatic imine (C=N–C) groups is 1. The Balaban J connectivity index is 1.91. The fourth-order valence-electron chi connectivity index (χ4n) is 3.09. The zero-order valence-corrected chi connectivity index (χ0v) is 20.1. The monoisotopic (exact) mass is 504 g/mol. The van der Waals surface area contributed by atoms with Crippen LogP contribution in [-0.4, -0.2) is 36.2 Å². The first-order chi connectivity index (χ1) is 16.4. The molecule has 0 spiro atoms. The number of halogens is 3. The van der Waals surface area contributed by atoms with Crippen molar-refractivity contribution in [2.75, 3.05) is 30.3 Å². The maximum Gasteiger partial charge on any atom is 0.228 e. The molecule has 0 atom stereocenters. The van der Waals surface area contributed by atoms with Gasteiger partial charge in [-0.25, -0.2) is 13.8 Å². The molecule has 0 amide bonds. The Labute approximate surface area is 205 Å². The number of nitrogens with zero attached hydrogens (tertiary/aromatic N) is 2. The number of methoxy groups -OCH3 is 1. The van der Waals surface area contributed by atoms with E-state index in [9.17, 15) is 4.39 Å². The molecular formula is C24H23ClF2N4O2S. The van der Waals surface area contributed by atoms with Gasteiger partial charge in [0.1, 0.15) is 5.82 Å². The molecule has 6 nitrogen and oxygen atoms in total. The van der Waals surface area contributed by atoms with Crippen LogP contribution in [0.1, 0.15) is 12.5 Å². The molecular weight excluding hydrogens is 482 g/mol. The second-order valence-corrected chi connectivity index (χ2v) is 8.26. The largest absolute Gasteiger partial charge is 0.480 e. The summed E-state index contributed by atoms with van der Waals surface area (Å²) in [5.41, 5.74) is 1.55. The van der Waals surface area contributed by atoms with Crippen molar-refractivity contribution in [3.8, 4) is 17.0 Å². The highest BCUT2D eigenvalue weighted by Crippen LogP contribution is 2.36. The molecule has 1 heterocycles. The van der Waals surface area contributed by atoms with Crippen LogP contribution in [0.2, 0.25) is 5.02 Å². The lowest BCUT2D eigenvalue weighted by Crippen LogP contribution is -2.10. The van der Waals surface area contributed by atoms with Gasteiger partial charge in [-0.15, -0.1) is 0 Å². The summed E-state index contributed by atoms with van der Waals surface area (Å²) in [7, 11) is 1.46. The van der Waals surface area contributed by atoms with Gasteiger partial charge in [0, 0.05) is 11.9 Å². The van der Waals surface area contributed by atoms with Gasteiger partial charge < -0.3 is 19.9 Å². The van der Waals surface area contributed by atoms with Gasteiger partial charge in [0.2, 0.25) is 5.88 Å². The lowest BCUT2D eigenvalue weighted by atomic mass is 10.00. The summed E-state index contributed by atoms with van der Waals surface area (Å²) >= 11 is 7.04. The van der Waals surface area contributed by atoms with Crippen molar-refractivity contribution < 1.29 is 18.6 Å². The van der Waals surface area contributed by atoms with Crippen molar-refractivity contribution in [1.82, 2.24) is 4.98 Å². The molecule has 1 aromatic heterocycles. The van der Waals surface area contributed by atoms with Gasteiger partial charge in [-0.2, -0.15) is 0 Å². The number of ether oxygens (including phenoxy) is 1. The molecule has 3 rings (SSSR count). The van der Waals surface area contributed by atoms with Gasteiger partial charge in [0.15, 0.2) is 5.82 Å². The lowest BCUT2D eigenvalue weighted by molar-refractivity contribution is 0.307. The highest BCUT2D eigenvalue weighted by atomic mass is 35.5. The lowest BCUT2D eigenvalue weighted by Gasteiger charge is -2.15. The first-order valence-corrected chi connectivity index (χ1v) is 11.3. The molecule has 0 aliphatic carbocycles. The fourth-order valence-corrected chi connectivity index (χ4v) is 4.10. The van der Waals surface area contributed by atoms with E-state index in [0.717, 1.165) is 11.9 Å². The number of amidine groups is 1. The average molecular weight is 505 g/mol. The second-order valence-electron chi connectivity index (χ2n) is 6.97. The average Bonchev–Trinajstić information content (AvgIpc) is 2.83. The molecule has 178 valence electrons. The summed E-state index contributed by atoms with van der Waals surface area (Å²) in [6.45, 7) is 5.76. The van der Waals surface area contributed by atoms with Crippen molar-refractivity contribution in [1.29, 1.82) is 0 Å². The minimum absolute atomic E-state index is 0.0614. The normalized spacial score (nSPS) is 11.3. The minimum Gasteiger partial charge on any atom is -0.480 e. The molecule has 10 heteroatoms. The quantitative estimate of drug-likeness (QED) is 0.181. The van der Waals surface area contributed by atoms with Gasteiger partial charge >= 0.3 is 0 Å². The van der Waals surface area contributed by atoms with E-state index in [1.54, 1.807) is 37.3 Å². The number of aromatic nitrogens is 1. The van der Waals surface area contributed by atoms with E-state index in [2.05, 4.69) is 26.6 Å². The maximum atomic E-state index is 15.4. The van der Waals surface area contributed by atoms with Gasteiger partial charge in [-0.1, -0.05) is 30.3 Å². The Hall–Kier alpha value is -3.14. The maximum absolute atomic E-state index is 15.4. The first-order valence-electron chi connectivity index (χ1n) is 10.1. The van der Waals surface area contributed by atoms with Gasteiger partial charge in [-0.05, 0) is 60.3 Å². The third-order valence-electron chi connectivity index (χ3n) is 4.67. The molecule has 3 N–H and O–H groups in total. The number of rotatable bonds is 9. The minimum atomic E-state index is -0.752. The van der Waals surface area contributed by atoms with Crippen LogP contribution in [0.3, 0.4) is 0 Å². The Morgan fingerprint density at radius 2 is 2.03 bits per heavy atom. The van der Waals surface area contributed by atoms with Crippen molar-refractivity contribution >= 4 is 46.8 Å². The standard InChI is InChI=1S/C24H23ClF2N4O2S/c1-4-15-11-16(5-7-19(15)30-14(2)28-9-10-32)22-18(26)6-8-20(23(22)27)31-34-21-12-17(25)13-29-24(21)33-3/h4-8,11-13,31-32H,1,9-10H2,2-3H3,(H,28,30). The number of aliphatic hydroxyl groups is 1. The van der Waals surface area contributed by atoms with Crippen LogP contribution in [0, 0.1) is 11.6 Å². The molecule has 0 radical (unpaired) electrons. The smallest absolute Gasteiger partial charge is 0.228 e. The zero-order valence-electron chi connectivity index (χ0n) is 18.5. The van der Waals surface area contributed by atoms with Crippen molar-refractivity contribution in [2.45, 2.75) is 11.8 Å². The van der Waals surface area contributed by atoms with Crippen LogP contribution < -0.4 is 14.8 Å². The van der Waals surface area contributed by atoms with Crippen LogP contribution in [-0.2, 0) is 0 Å². The van der Waals surface area contributed by atoms with E-state index in [4.69, 9.17) is 21.4 Å². The number of hydrogen-bond acceptors (Lipinski definition) is 6. The predicted octanol–water partition coefficient (Wildman–Crippen LogP) is 6.27. The summed E-state index contributed by atoms with van der Waals surface area (Å²) in [4.78, 5) is 8.78. The van der Waals surface area contributed by atoms with Gasteiger partial charge in [0.05, 0.1) is 47.3 Å². The number of hydrogen-bond donors (Lipinski definition) is 3.